The fourth-order valence-corrected chi connectivity index (χ4v) is 2.80. The van der Waals surface area contributed by atoms with Gasteiger partial charge in [0.1, 0.15) is 5.01 Å². The molecule has 0 bridgehead atoms. The lowest BCUT2D eigenvalue weighted by Gasteiger charge is -2.00. The first-order valence-corrected chi connectivity index (χ1v) is 7.28. The average Bonchev–Trinajstić information content (AvgIpc) is 2.89. The van der Waals surface area contributed by atoms with Crippen LogP contribution in [0, 0.1) is 21.7 Å². The van der Waals surface area contributed by atoms with E-state index in [0.29, 0.717) is 11.1 Å². The van der Waals surface area contributed by atoms with Gasteiger partial charge in [0.2, 0.25) is 0 Å². The zero-order valence-electron chi connectivity index (χ0n) is 10.1. The molecule has 0 spiro atoms. The molecule has 1 atom stereocenters. The van der Waals surface area contributed by atoms with E-state index in [-0.39, 0.29) is 15.4 Å². The molecule has 0 amide bonds. The Morgan fingerprint density at radius 3 is 2.65 bits per heavy atom. The number of alkyl halides is 1. The van der Waals surface area contributed by atoms with Crippen LogP contribution < -0.4 is 0 Å². The Hall–Kier alpha value is -1.48. The third-order valence-corrected chi connectivity index (χ3v) is 4.99. The van der Waals surface area contributed by atoms with Gasteiger partial charge in [-0.3, -0.25) is 10.1 Å². The van der Waals surface area contributed by atoms with Gasteiger partial charge in [0.05, 0.1) is 21.4 Å². The Balaban J connectivity index is 2.54. The van der Waals surface area contributed by atoms with Crippen molar-refractivity contribution >= 4 is 33.0 Å². The van der Waals surface area contributed by atoms with E-state index in [1.807, 2.05) is 6.92 Å². The van der Waals surface area contributed by atoms with Crippen molar-refractivity contribution in [3.8, 4) is 10.6 Å². The summed E-state index contributed by atoms with van der Waals surface area (Å²) in [5.41, 5.74) is -0.609. The fraction of sp³-hybridized carbons (Fsp3) is 0.273. The molecule has 0 saturated carbocycles. The molecule has 1 aromatic carbocycles. The lowest BCUT2D eigenvalue weighted by atomic mass is 10.2. The molecule has 0 N–H and O–H groups in total. The molecule has 2 rings (SSSR count). The summed E-state index contributed by atoms with van der Waals surface area (Å²) in [4.78, 5) is 10.1. The molecule has 1 aromatic heterocycles. The first-order valence-electron chi connectivity index (χ1n) is 5.55. The van der Waals surface area contributed by atoms with E-state index >= 15 is 0 Å². The SMILES string of the molecule is CCC(Br)c1nnc(-c2cc(F)c(F)cc2[N+](=O)[O-])s1. The monoisotopic (exact) mass is 363 g/mol. The maximum Gasteiger partial charge on any atom is 0.282 e. The maximum absolute atomic E-state index is 13.3. The molecular formula is C11H8BrF2N3O2S. The molecule has 1 unspecified atom stereocenters. The fourth-order valence-electron chi connectivity index (χ4n) is 1.50. The Morgan fingerprint density at radius 1 is 1.40 bits per heavy atom. The van der Waals surface area contributed by atoms with Gasteiger partial charge in [-0.25, -0.2) is 8.78 Å². The predicted octanol–water partition coefficient (Wildman–Crippen LogP) is 4.24. The Kier molecular flexibility index (Phi) is 4.39. The molecule has 5 nitrogen and oxygen atoms in total. The summed E-state index contributed by atoms with van der Waals surface area (Å²) in [7, 11) is 0. The van der Waals surface area contributed by atoms with Crippen LogP contribution in [-0.2, 0) is 0 Å². The number of nitro benzene ring substituents is 1. The zero-order chi connectivity index (χ0) is 14.9. The first-order chi connectivity index (χ1) is 9.43. The van der Waals surface area contributed by atoms with Crippen LogP contribution in [0.3, 0.4) is 0 Å². The Morgan fingerprint density at radius 2 is 2.05 bits per heavy atom. The normalized spacial score (nSPS) is 12.4. The molecule has 0 aliphatic rings. The highest BCUT2D eigenvalue weighted by atomic mass is 79.9. The smallest absolute Gasteiger partial charge is 0.258 e. The Labute approximate surface area is 124 Å². The standard InChI is InChI=1S/C11H8BrF2N3O2S/c1-2-6(12)11-16-15-10(20-11)5-3-7(13)8(14)4-9(5)17(18)19/h3-4,6H,2H2,1H3. The van der Waals surface area contributed by atoms with Gasteiger partial charge in [0.15, 0.2) is 16.6 Å². The number of benzene rings is 1. The van der Waals surface area contributed by atoms with Crippen molar-refractivity contribution in [2.24, 2.45) is 0 Å². The number of nitrogens with zero attached hydrogens (tertiary/aromatic N) is 3. The third-order valence-electron chi connectivity index (χ3n) is 2.53. The number of halogens is 3. The van der Waals surface area contributed by atoms with Gasteiger partial charge in [0.25, 0.3) is 5.69 Å². The summed E-state index contributed by atoms with van der Waals surface area (Å²) in [6.07, 6.45) is 0.758. The number of rotatable bonds is 4. The number of hydrogen-bond donors (Lipinski definition) is 0. The van der Waals surface area contributed by atoms with Gasteiger partial charge < -0.3 is 0 Å². The minimum atomic E-state index is -1.27. The highest BCUT2D eigenvalue weighted by Gasteiger charge is 2.23. The van der Waals surface area contributed by atoms with Gasteiger partial charge in [-0.2, -0.15) is 0 Å². The van der Waals surface area contributed by atoms with Crippen molar-refractivity contribution in [2.45, 2.75) is 18.2 Å². The van der Waals surface area contributed by atoms with E-state index < -0.39 is 22.2 Å². The van der Waals surface area contributed by atoms with Crippen LogP contribution >= 0.6 is 27.3 Å². The summed E-state index contributed by atoms with van der Waals surface area (Å²) in [5.74, 6) is -2.43. The quantitative estimate of drug-likeness (QED) is 0.462. The lowest BCUT2D eigenvalue weighted by Crippen LogP contribution is -1.95. The van der Waals surface area contributed by atoms with Crippen LogP contribution in [0.25, 0.3) is 10.6 Å². The predicted molar refractivity (Wildman–Crippen MR) is 73.9 cm³/mol. The second-order valence-corrected chi connectivity index (χ2v) is 5.98. The van der Waals surface area contributed by atoms with Crippen molar-refractivity contribution in [1.29, 1.82) is 0 Å². The molecular weight excluding hydrogens is 356 g/mol. The molecule has 0 aliphatic heterocycles. The maximum atomic E-state index is 13.3. The first kappa shape index (κ1) is 14.9. The molecule has 1 heterocycles. The highest BCUT2D eigenvalue weighted by molar-refractivity contribution is 9.09. The van der Waals surface area contributed by atoms with Gasteiger partial charge in [-0.05, 0) is 12.5 Å². The summed E-state index contributed by atoms with van der Waals surface area (Å²) < 4.78 is 26.4. The molecule has 106 valence electrons. The van der Waals surface area contributed by atoms with Gasteiger partial charge in [-0.15, -0.1) is 10.2 Å². The second kappa shape index (κ2) is 5.88. The van der Waals surface area contributed by atoms with Crippen LogP contribution in [0.15, 0.2) is 12.1 Å². The molecule has 0 radical (unpaired) electrons. The third kappa shape index (κ3) is 2.83. The second-order valence-electron chi connectivity index (χ2n) is 3.86. The Bertz CT molecular complexity index is 665. The van der Waals surface area contributed by atoms with Gasteiger partial charge >= 0.3 is 0 Å². The van der Waals surface area contributed by atoms with Crippen LogP contribution in [0.1, 0.15) is 23.2 Å². The van der Waals surface area contributed by atoms with Crippen molar-refractivity contribution < 1.29 is 13.7 Å². The van der Waals surface area contributed by atoms with E-state index in [2.05, 4.69) is 26.1 Å². The number of hydrogen-bond acceptors (Lipinski definition) is 5. The summed E-state index contributed by atoms with van der Waals surface area (Å²) in [6, 6.07) is 1.32. The molecule has 20 heavy (non-hydrogen) atoms. The summed E-state index contributed by atoms with van der Waals surface area (Å²) in [5, 5.41) is 19.4. The van der Waals surface area contributed by atoms with Crippen LogP contribution in [0.2, 0.25) is 0 Å². The summed E-state index contributed by atoms with van der Waals surface area (Å²) >= 11 is 4.49. The van der Waals surface area contributed by atoms with Crippen LogP contribution in [0.5, 0.6) is 0 Å². The van der Waals surface area contributed by atoms with E-state index in [9.17, 15) is 18.9 Å². The molecule has 0 aliphatic carbocycles. The number of aromatic nitrogens is 2. The minimum Gasteiger partial charge on any atom is -0.258 e. The van der Waals surface area contributed by atoms with Crippen molar-refractivity contribution in [3.63, 3.8) is 0 Å². The van der Waals surface area contributed by atoms with Crippen LogP contribution in [0.4, 0.5) is 14.5 Å². The molecule has 9 heteroatoms. The number of nitro groups is 1. The van der Waals surface area contributed by atoms with Gasteiger partial charge in [-0.1, -0.05) is 34.2 Å². The molecule has 0 fully saturated rings. The van der Waals surface area contributed by atoms with E-state index in [1.165, 1.54) is 0 Å². The molecule has 0 saturated heterocycles. The topological polar surface area (TPSA) is 68.9 Å². The van der Waals surface area contributed by atoms with Crippen molar-refractivity contribution in [2.75, 3.05) is 0 Å². The largest absolute Gasteiger partial charge is 0.282 e. The zero-order valence-corrected chi connectivity index (χ0v) is 12.5. The van der Waals surface area contributed by atoms with Crippen LogP contribution in [-0.4, -0.2) is 15.1 Å². The van der Waals surface area contributed by atoms with E-state index in [1.54, 1.807) is 0 Å². The summed E-state index contributed by atoms with van der Waals surface area (Å²) in [6.45, 7) is 1.93. The van der Waals surface area contributed by atoms with E-state index in [4.69, 9.17) is 0 Å². The van der Waals surface area contributed by atoms with E-state index in [0.717, 1.165) is 23.8 Å². The lowest BCUT2D eigenvalue weighted by molar-refractivity contribution is -0.384. The molecule has 2 aromatic rings. The van der Waals surface area contributed by atoms with Crippen molar-refractivity contribution in [1.82, 2.24) is 10.2 Å². The highest BCUT2D eigenvalue weighted by Crippen LogP contribution is 2.37. The average molecular weight is 364 g/mol. The minimum absolute atomic E-state index is 0.0295. The van der Waals surface area contributed by atoms with Gasteiger partial charge in [0, 0.05) is 0 Å². The van der Waals surface area contributed by atoms with Crippen molar-refractivity contribution in [3.05, 3.63) is 38.9 Å².